The van der Waals surface area contributed by atoms with Gasteiger partial charge in [-0.2, -0.15) is 13.2 Å². The third-order valence-corrected chi connectivity index (χ3v) is 2.24. The van der Waals surface area contributed by atoms with Gasteiger partial charge in [0.15, 0.2) is 5.96 Å². The molecule has 0 aliphatic carbocycles. The molecule has 2 N–H and O–H groups in total. The topological polar surface area (TPSA) is 45.7 Å². The summed E-state index contributed by atoms with van der Waals surface area (Å²) in [5, 5.41) is 6.16. The number of hydrogen-bond acceptors (Lipinski definition) is 2. The first kappa shape index (κ1) is 17.0. The first-order valence-electron chi connectivity index (χ1n) is 6.00. The van der Waals surface area contributed by atoms with E-state index < -0.39 is 12.8 Å². The molecule has 0 saturated carbocycles. The molecular weight excluding hydrogens is 247 g/mol. The quantitative estimate of drug-likeness (QED) is 0.422. The minimum absolute atomic E-state index is 0.0762. The Morgan fingerprint density at radius 1 is 1.39 bits per heavy atom. The highest BCUT2D eigenvalue weighted by Gasteiger charge is 2.27. The molecule has 108 valence electrons. The van der Waals surface area contributed by atoms with E-state index in [2.05, 4.69) is 27.3 Å². The van der Waals surface area contributed by atoms with Crippen LogP contribution in [0.25, 0.3) is 0 Å². The molecule has 0 aliphatic heterocycles. The van der Waals surface area contributed by atoms with Crippen molar-refractivity contribution >= 4 is 5.96 Å². The van der Waals surface area contributed by atoms with E-state index in [1.165, 1.54) is 0 Å². The monoisotopic (exact) mass is 269 g/mol. The number of rotatable bonds is 7. The maximum atomic E-state index is 11.8. The molecule has 0 saturated heterocycles. The van der Waals surface area contributed by atoms with Gasteiger partial charge < -0.3 is 15.4 Å². The Bertz CT molecular complexity index is 244. The van der Waals surface area contributed by atoms with E-state index in [9.17, 15) is 13.2 Å². The van der Waals surface area contributed by atoms with Crippen molar-refractivity contribution in [3.05, 3.63) is 0 Å². The van der Waals surface area contributed by atoms with Gasteiger partial charge in [0.2, 0.25) is 0 Å². The lowest BCUT2D eigenvalue weighted by molar-refractivity contribution is -0.173. The molecule has 0 fully saturated rings. The van der Waals surface area contributed by atoms with Crippen LogP contribution in [0.3, 0.4) is 0 Å². The van der Waals surface area contributed by atoms with Crippen LogP contribution in [0.4, 0.5) is 13.2 Å². The molecule has 0 aromatic rings. The smallest absolute Gasteiger partial charge is 0.372 e. The van der Waals surface area contributed by atoms with Gasteiger partial charge >= 0.3 is 6.18 Å². The maximum absolute atomic E-state index is 11.8. The number of hydrogen-bond donors (Lipinski definition) is 2. The number of halogens is 3. The zero-order valence-electron chi connectivity index (χ0n) is 11.1. The highest BCUT2D eigenvalue weighted by molar-refractivity contribution is 5.79. The van der Waals surface area contributed by atoms with Crippen molar-refractivity contribution in [2.45, 2.75) is 38.9 Å². The van der Waals surface area contributed by atoms with Crippen molar-refractivity contribution in [1.82, 2.24) is 10.6 Å². The minimum Gasteiger partial charge on any atom is -0.372 e. The summed E-state index contributed by atoms with van der Waals surface area (Å²) in [5.41, 5.74) is 0. The molecule has 0 spiro atoms. The summed E-state index contributed by atoms with van der Waals surface area (Å²) in [7, 11) is 1.65. The molecule has 0 aliphatic rings. The van der Waals surface area contributed by atoms with Crippen LogP contribution in [0.5, 0.6) is 0 Å². The standard InChI is InChI=1S/C11H22F3N3O/c1-4-9(2)17-10(15-3)16-6-5-7-18-8-11(12,13)14/h9H,4-8H2,1-3H3,(H2,15,16,17). The number of alkyl halides is 3. The van der Waals surface area contributed by atoms with Crippen LogP contribution >= 0.6 is 0 Å². The Morgan fingerprint density at radius 2 is 2.06 bits per heavy atom. The summed E-state index contributed by atoms with van der Waals surface area (Å²) in [6.45, 7) is 3.49. The molecule has 0 heterocycles. The normalized spacial score (nSPS) is 14.4. The van der Waals surface area contributed by atoms with Gasteiger partial charge in [-0.05, 0) is 19.8 Å². The summed E-state index contributed by atoms with van der Waals surface area (Å²) < 4.78 is 39.8. The predicted molar refractivity (Wildman–Crippen MR) is 65.7 cm³/mol. The van der Waals surface area contributed by atoms with E-state index >= 15 is 0 Å². The van der Waals surface area contributed by atoms with Crippen LogP contribution in [0.15, 0.2) is 4.99 Å². The summed E-state index contributed by atoms with van der Waals surface area (Å²) in [6, 6.07) is 0.303. The van der Waals surface area contributed by atoms with E-state index in [4.69, 9.17) is 0 Å². The van der Waals surface area contributed by atoms with Crippen molar-refractivity contribution in [2.75, 3.05) is 26.8 Å². The molecule has 1 unspecified atom stereocenters. The van der Waals surface area contributed by atoms with E-state index in [1.807, 2.05) is 6.92 Å². The van der Waals surface area contributed by atoms with Crippen LogP contribution in [0.1, 0.15) is 26.7 Å². The van der Waals surface area contributed by atoms with Gasteiger partial charge in [0.05, 0.1) is 0 Å². The summed E-state index contributed by atoms with van der Waals surface area (Å²) >= 11 is 0. The third kappa shape index (κ3) is 10.2. The largest absolute Gasteiger partial charge is 0.411 e. The number of nitrogens with zero attached hydrogens (tertiary/aromatic N) is 1. The predicted octanol–water partition coefficient (Wildman–Crippen LogP) is 1.92. The van der Waals surface area contributed by atoms with Gasteiger partial charge in [-0.25, -0.2) is 0 Å². The van der Waals surface area contributed by atoms with Gasteiger partial charge in [-0.3, -0.25) is 4.99 Å². The van der Waals surface area contributed by atoms with Crippen molar-refractivity contribution in [1.29, 1.82) is 0 Å². The molecule has 0 rings (SSSR count). The fourth-order valence-corrected chi connectivity index (χ4v) is 1.10. The summed E-state index contributed by atoms with van der Waals surface area (Å²) in [4.78, 5) is 4.01. The minimum atomic E-state index is -4.25. The number of guanidine groups is 1. The van der Waals surface area contributed by atoms with E-state index in [1.54, 1.807) is 7.05 Å². The first-order chi connectivity index (χ1) is 8.39. The summed E-state index contributed by atoms with van der Waals surface area (Å²) in [6.07, 6.45) is -2.78. The van der Waals surface area contributed by atoms with Gasteiger partial charge in [0.1, 0.15) is 6.61 Å². The fourth-order valence-electron chi connectivity index (χ4n) is 1.10. The molecule has 0 aromatic carbocycles. The van der Waals surface area contributed by atoms with Crippen LogP contribution in [0, 0.1) is 0 Å². The molecule has 7 heteroatoms. The molecule has 4 nitrogen and oxygen atoms in total. The highest BCUT2D eigenvalue weighted by Crippen LogP contribution is 2.14. The SMILES string of the molecule is CCC(C)NC(=NC)NCCCOCC(F)(F)F. The third-order valence-electron chi connectivity index (χ3n) is 2.24. The van der Waals surface area contributed by atoms with E-state index in [0.717, 1.165) is 6.42 Å². The van der Waals surface area contributed by atoms with Gasteiger partial charge in [-0.1, -0.05) is 6.92 Å². The molecule has 0 aromatic heterocycles. The van der Waals surface area contributed by atoms with Gasteiger partial charge in [-0.15, -0.1) is 0 Å². The fraction of sp³-hybridized carbons (Fsp3) is 0.909. The van der Waals surface area contributed by atoms with Crippen molar-refractivity contribution in [3.8, 4) is 0 Å². The van der Waals surface area contributed by atoms with Crippen molar-refractivity contribution in [2.24, 2.45) is 4.99 Å². The lowest BCUT2D eigenvalue weighted by Crippen LogP contribution is -2.42. The molecule has 0 bridgehead atoms. The van der Waals surface area contributed by atoms with E-state index in [-0.39, 0.29) is 6.61 Å². The second-order valence-electron chi connectivity index (χ2n) is 3.97. The second kappa shape index (κ2) is 9.02. The Hall–Kier alpha value is -0.980. The average molecular weight is 269 g/mol. The molecule has 18 heavy (non-hydrogen) atoms. The molecule has 0 amide bonds. The number of nitrogens with one attached hydrogen (secondary N) is 2. The zero-order valence-corrected chi connectivity index (χ0v) is 11.1. The Morgan fingerprint density at radius 3 is 2.56 bits per heavy atom. The Balaban J connectivity index is 3.58. The van der Waals surface area contributed by atoms with Crippen LogP contribution in [0.2, 0.25) is 0 Å². The van der Waals surface area contributed by atoms with Crippen molar-refractivity contribution in [3.63, 3.8) is 0 Å². The average Bonchev–Trinajstić information content (AvgIpc) is 2.30. The molecule has 0 radical (unpaired) electrons. The van der Waals surface area contributed by atoms with Crippen LogP contribution in [-0.4, -0.2) is 45.0 Å². The van der Waals surface area contributed by atoms with Crippen molar-refractivity contribution < 1.29 is 17.9 Å². The Kier molecular flexibility index (Phi) is 8.53. The molecule has 1 atom stereocenters. The zero-order chi connectivity index (χ0) is 14.0. The maximum Gasteiger partial charge on any atom is 0.411 e. The van der Waals surface area contributed by atoms with Crippen LogP contribution in [-0.2, 0) is 4.74 Å². The number of ether oxygens (including phenoxy) is 1. The Labute approximate surface area is 106 Å². The van der Waals surface area contributed by atoms with Gasteiger partial charge in [0.25, 0.3) is 0 Å². The highest BCUT2D eigenvalue weighted by atomic mass is 19.4. The number of aliphatic imine (C=N–C) groups is 1. The first-order valence-corrected chi connectivity index (χ1v) is 6.00. The second-order valence-corrected chi connectivity index (χ2v) is 3.97. The lowest BCUT2D eigenvalue weighted by Gasteiger charge is -2.16. The van der Waals surface area contributed by atoms with Crippen LogP contribution < -0.4 is 10.6 Å². The summed E-state index contributed by atoms with van der Waals surface area (Å²) in [5.74, 6) is 0.653. The molecular formula is C11H22F3N3O. The van der Waals surface area contributed by atoms with Gasteiger partial charge in [0, 0.05) is 26.2 Å². The van der Waals surface area contributed by atoms with E-state index in [0.29, 0.717) is 25.0 Å². The lowest BCUT2D eigenvalue weighted by atomic mass is 10.3.